The van der Waals surface area contributed by atoms with Crippen molar-refractivity contribution >= 4 is 35.8 Å². The molecule has 0 atom stereocenters. The van der Waals surface area contributed by atoms with Gasteiger partial charge in [-0.05, 0) is 40.7 Å². The van der Waals surface area contributed by atoms with Gasteiger partial charge in [-0.15, -0.1) is 24.0 Å². The molecule has 3 N–H and O–H groups in total. The maximum absolute atomic E-state index is 11.8. The van der Waals surface area contributed by atoms with Gasteiger partial charge >= 0.3 is 0 Å². The van der Waals surface area contributed by atoms with Gasteiger partial charge in [-0.3, -0.25) is 9.79 Å². The number of halogens is 1. The van der Waals surface area contributed by atoms with Crippen molar-refractivity contribution in [3.8, 4) is 0 Å². The van der Waals surface area contributed by atoms with E-state index in [1.165, 1.54) is 25.7 Å². The van der Waals surface area contributed by atoms with E-state index in [1.54, 1.807) is 7.05 Å². The second-order valence-corrected chi connectivity index (χ2v) is 7.07. The van der Waals surface area contributed by atoms with Crippen LogP contribution in [-0.2, 0) is 4.79 Å². The molecular weight excluding hydrogens is 405 g/mol. The molecule has 0 saturated heterocycles. The van der Waals surface area contributed by atoms with Crippen molar-refractivity contribution in [2.75, 3.05) is 33.7 Å². The van der Waals surface area contributed by atoms with Crippen molar-refractivity contribution in [3.63, 3.8) is 0 Å². The van der Waals surface area contributed by atoms with Crippen molar-refractivity contribution < 1.29 is 4.79 Å². The fraction of sp³-hybridized carbons (Fsp3) is 0.875. The molecule has 0 bridgehead atoms. The highest BCUT2D eigenvalue weighted by atomic mass is 127. The first kappa shape index (κ1) is 22.4. The molecule has 0 radical (unpaired) electrons. The molecule has 1 aliphatic rings. The second kappa shape index (κ2) is 11.1. The third-order valence-corrected chi connectivity index (χ3v) is 3.86. The fourth-order valence-electron chi connectivity index (χ4n) is 2.73. The van der Waals surface area contributed by atoms with Crippen LogP contribution in [0.2, 0.25) is 0 Å². The summed E-state index contributed by atoms with van der Waals surface area (Å²) in [6.45, 7) is 7.95. The number of likely N-dealkylation sites (N-methyl/N-ethyl adjacent to an activating group) is 1. The van der Waals surface area contributed by atoms with Crippen LogP contribution in [0.25, 0.3) is 0 Å². The highest BCUT2D eigenvalue weighted by Gasteiger charge is 2.19. The summed E-state index contributed by atoms with van der Waals surface area (Å²) in [7, 11) is 3.91. The summed E-state index contributed by atoms with van der Waals surface area (Å²) in [5.41, 5.74) is -0.209. The molecule has 0 unspecified atom stereocenters. The van der Waals surface area contributed by atoms with Gasteiger partial charge in [0, 0.05) is 31.7 Å². The van der Waals surface area contributed by atoms with Gasteiger partial charge in [0.25, 0.3) is 0 Å². The fourth-order valence-corrected chi connectivity index (χ4v) is 2.73. The first-order valence-corrected chi connectivity index (χ1v) is 8.27. The number of carbonyl (C=O) groups excluding carboxylic acids is 1. The Balaban J connectivity index is 0.00000484. The Labute approximate surface area is 158 Å². The summed E-state index contributed by atoms with van der Waals surface area (Å²) in [4.78, 5) is 18.3. The van der Waals surface area contributed by atoms with Crippen molar-refractivity contribution in [2.45, 2.75) is 58.0 Å². The molecule has 1 amide bonds. The molecule has 0 heterocycles. The average Bonchev–Trinajstić information content (AvgIpc) is 2.94. The summed E-state index contributed by atoms with van der Waals surface area (Å²) in [6.07, 6.45) is 5.34. The minimum absolute atomic E-state index is 0. The van der Waals surface area contributed by atoms with Crippen LogP contribution in [0.3, 0.4) is 0 Å². The van der Waals surface area contributed by atoms with E-state index >= 15 is 0 Å². The molecule has 0 aromatic carbocycles. The van der Waals surface area contributed by atoms with E-state index in [0.29, 0.717) is 5.96 Å². The molecule has 7 heteroatoms. The Bertz CT molecular complexity index is 375. The molecule has 23 heavy (non-hydrogen) atoms. The maximum atomic E-state index is 11.8. The van der Waals surface area contributed by atoms with Crippen LogP contribution >= 0.6 is 24.0 Å². The third kappa shape index (κ3) is 10.0. The molecule has 1 rings (SSSR count). The Hall–Kier alpha value is -0.570. The van der Waals surface area contributed by atoms with E-state index in [1.807, 2.05) is 20.8 Å². The molecule has 136 valence electrons. The van der Waals surface area contributed by atoms with E-state index in [9.17, 15) is 4.79 Å². The zero-order chi connectivity index (χ0) is 16.6. The lowest BCUT2D eigenvalue weighted by atomic mass is 10.1. The van der Waals surface area contributed by atoms with Gasteiger partial charge in [-0.2, -0.15) is 0 Å². The molecule has 0 aliphatic heterocycles. The normalized spacial score (nSPS) is 16.2. The van der Waals surface area contributed by atoms with Crippen LogP contribution < -0.4 is 16.0 Å². The lowest BCUT2D eigenvalue weighted by molar-refractivity contribution is -0.121. The van der Waals surface area contributed by atoms with Gasteiger partial charge in [-0.1, -0.05) is 12.8 Å². The third-order valence-electron chi connectivity index (χ3n) is 3.86. The number of nitrogens with zero attached hydrogens (tertiary/aromatic N) is 2. The Kier molecular flexibility index (Phi) is 10.8. The highest BCUT2D eigenvalue weighted by Crippen LogP contribution is 2.21. The lowest BCUT2D eigenvalue weighted by Gasteiger charge is -2.24. The van der Waals surface area contributed by atoms with E-state index in [0.717, 1.165) is 19.1 Å². The monoisotopic (exact) mass is 439 g/mol. The van der Waals surface area contributed by atoms with E-state index < -0.39 is 0 Å². The zero-order valence-corrected chi connectivity index (χ0v) is 17.6. The largest absolute Gasteiger partial charge is 0.355 e. The first-order valence-electron chi connectivity index (χ1n) is 8.27. The van der Waals surface area contributed by atoms with E-state index in [-0.39, 0.29) is 42.0 Å². The smallest absolute Gasteiger partial charge is 0.239 e. The number of hydrogen-bond acceptors (Lipinski definition) is 3. The Morgan fingerprint density at radius 2 is 1.83 bits per heavy atom. The molecule has 1 saturated carbocycles. The molecule has 0 spiro atoms. The number of guanidine groups is 1. The van der Waals surface area contributed by atoms with Gasteiger partial charge in [0.15, 0.2) is 5.96 Å². The Morgan fingerprint density at radius 3 is 2.35 bits per heavy atom. The SMILES string of the molecule is CN=C(NCCN(C)C1CCCC1)NCC(=O)NC(C)(C)C.I. The van der Waals surface area contributed by atoms with Crippen molar-refractivity contribution in [3.05, 3.63) is 0 Å². The van der Waals surface area contributed by atoms with Gasteiger partial charge in [0.1, 0.15) is 0 Å². The minimum atomic E-state index is -0.209. The number of hydrogen-bond donors (Lipinski definition) is 3. The van der Waals surface area contributed by atoms with Gasteiger partial charge in [0.05, 0.1) is 6.54 Å². The maximum Gasteiger partial charge on any atom is 0.239 e. The summed E-state index contributed by atoms with van der Waals surface area (Å²) < 4.78 is 0. The molecule has 6 nitrogen and oxygen atoms in total. The first-order chi connectivity index (χ1) is 10.3. The molecule has 0 aromatic heterocycles. The van der Waals surface area contributed by atoms with Crippen LogP contribution in [0, 0.1) is 0 Å². The van der Waals surface area contributed by atoms with Crippen LogP contribution in [0.15, 0.2) is 4.99 Å². The number of aliphatic imine (C=N–C) groups is 1. The summed E-state index contributed by atoms with van der Waals surface area (Å²) in [5.74, 6) is 0.641. The predicted molar refractivity (Wildman–Crippen MR) is 108 cm³/mol. The summed E-state index contributed by atoms with van der Waals surface area (Å²) >= 11 is 0. The lowest BCUT2D eigenvalue weighted by Crippen LogP contribution is -2.49. The number of amides is 1. The highest BCUT2D eigenvalue weighted by molar-refractivity contribution is 14.0. The zero-order valence-electron chi connectivity index (χ0n) is 15.2. The minimum Gasteiger partial charge on any atom is -0.355 e. The molecule has 1 aliphatic carbocycles. The van der Waals surface area contributed by atoms with Crippen LogP contribution in [-0.4, -0.2) is 62.1 Å². The van der Waals surface area contributed by atoms with Crippen molar-refractivity contribution in [2.24, 2.45) is 4.99 Å². The molecular formula is C16H34IN5O. The summed E-state index contributed by atoms with van der Waals surface area (Å²) in [5, 5.41) is 9.22. The van der Waals surface area contributed by atoms with Crippen LogP contribution in [0.1, 0.15) is 46.5 Å². The Morgan fingerprint density at radius 1 is 1.22 bits per heavy atom. The van der Waals surface area contributed by atoms with Crippen LogP contribution in [0.4, 0.5) is 0 Å². The number of rotatable bonds is 6. The van der Waals surface area contributed by atoms with Crippen LogP contribution in [0.5, 0.6) is 0 Å². The van der Waals surface area contributed by atoms with Crippen molar-refractivity contribution in [1.82, 2.24) is 20.9 Å². The average molecular weight is 439 g/mol. The van der Waals surface area contributed by atoms with Crippen molar-refractivity contribution in [1.29, 1.82) is 0 Å². The number of nitrogens with one attached hydrogen (secondary N) is 3. The molecule has 1 fully saturated rings. The standard InChI is InChI=1S/C16H33N5O.HI/c1-16(2,3)20-14(22)12-19-15(17-4)18-10-11-21(5)13-8-6-7-9-13;/h13H,6-12H2,1-5H3,(H,20,22)(H2,17,18,19);1H. The van der Waals surface area contributed by atoms with Gasteiger partial charge < -0.3 is 20.9 Å². The summed E-state index contributed by atoms with van der Waals surface area (Å²) in [6, 6.07) is 0.731. The van der Waals surface area contributed by atoms with E-state index in [2.05, 4.69) is 32.9 Å². The quantitative estimate of drug-likeness (QED) is 0.334. The predicted octanol–water partition coefficient (Wildman–Crippen LogP) is 1.56. The molecule has 0 aromatic rings. The topological polar surface area (TPSA) is 68.8 Å². The van der Waals surface area contributed by atoms with E-state index in [4.69, 9.17) is 0 Å². The van der Waals surface area contributed by atoms with Gasteiger partial charge in [0.2, 0.25) is 5.91 Å². The second-order valence-electron chi connectivity index (χ2n) is 7.07. The van der Waals surface area contributed by atoms with Gasteiger partial charge in [-0.25, -0.2) is 0 Å². The number of carbonyl (C=O) groups is 1.